The SMILES string of the molecule is NC(=NOCc1cscn1)C(=O)O. The highest BCUT2D eigenvalue weighted by molar-refractivity contribution is 7.07. The molecule has 0 atom stereocenters. The van der Waals surface area contributed by atoms with Crippen molar-refractivity contribution in [2.75, 3.05) is 0 Å². The average Bonchev–Trinajstić information content (AvgIpc) is 2.56. The topological polar surface area (TPSA) is 97.8 Å². The zero-order valence-corrected chi connectivity index (χ0v) is 7.32. The van der Waals surface area contributed by atoms with Crippen molar-refractivity contribution < 1.29 is 14.7 Å². The highest BCUT2D eigenvalue weighted by Gasteiger charge is 2.03. The maximum absolute atomic E-state index is 10.1. The zero-order chi connectivity index (χ0) is 9.68. The summed E-state index contributed by atoms with van der Waals surface area (Å²) in [6.07, 6.45) is 0. The van der Waals surface area contributed by atoms with Crippen molar-refractivity contribution in [2.45, 2.75) is 6.61 Å². The third kappa shape index (κ3) is 3.08. The normalized spacial score (nSPS) is 11.2. The largest absolute Gasteiger partial charge is 0.475 e. The van der Waals surface area contributed by atoms with Crippen LogP contribution >= 0.6 is 11.3 Å². The van der Waals surface area contributed by atoms with E-state index in [-0.39, 0.29) is 6.61 Å². The second-order valence-electron chi connectivity index (χ2n) is 2.03. The molecule has 3 N–H and O–H groups in total. The fraction of sp³-hybridized carbons (Fsp3) is 0.167. The minimum Gasteiger partial charge on any atom is -0.475 e. The average molecular weight is 201 g/mol. The second kappa shape index (κ2) is 4.41. The Labute approximate surface area is 77.6 Å². The summed E-state index contributed by atoms with van der Waals surface area (Å²) in [7, 11) is 0. The van der Waals surface area contributed by atoms with E-state index in [1.165, 1.54) is 11.3 Å². The van der Waals surface area contributed by atoms with E-state index in [1.807, 2.05) is 0 Å². The molecule has 1 heterocycles. The summed E-state index contributed by atoms with van der Waals surface area (Å²) >= 11 is 1.42. The monoisotopic (exact) mass is 201 g/mol. The molecule has 0 aliphatic carbocycles. The number of carbonyl (C=O) groups is 1. The number of hydrogen-bond donors (Lipinski definition) is 2. The molecule has 0 amide bonds. The molecule has 0 radical (unpaired) electrons. The van der Waals surface area contributed by atoms with E-state index in [0.29, 0.717) is 5.69 Å². The smallest absolute Gasteiger partial charge is 0.374 e. The van der Waals surface area contributed by atoms with Crippen molar-refractivity contribution >= 4 is 23.1 Å². The Hall–Kier alpha value is -1.63. The van der Waals surface area contributed by atoms with Crippen LogP contribution in [-0.4, -0.2) is 21.9 Å². The van der Waals surface area contributed by atoms with Gasteiger partial charge in [0.25, 0.3) is 0 Å². The Balaban J connectivity index is 2.36. The molecular formula is C6H7N3O3S. The molecule has 0 bridgehead atoms. The fourth-order valence-corrected chi connectivity index (χ4v) is 1.06. The number of thiazole rings is 1. The van der Waals surface area contributed by atoms with Crippen LogP contribution in [0.15, 0.2) is 16.0 Å². The van der Waals surface area contributed by atoms with Crippen LogP contribution in [0.1, 0.15) is 5.69 Å². The minimum atomic E-state index is -1.31. The summed E-state index contributed by atoms with van der Waals surface area (Å²) in [6.45, 7) is 0.123. The molecule has 70 valence electrons. The first kappa shape index (κ1) is 9.46. The molecule has 7 heteroatoms. The lowest BCUT2D eigenvalue weighted by Gasteiger charge is -1.95. The lowest BCUT2D eigenvalue weighted by Crippen LogP contribution is -2.23. The molecule has 1 aromatic rings. The highest BCUT2D eigenvalue weighted by atomic mass is 32.1. The van der Waals surface area contributed by atoms with Gasteiger partial charge in [-0.1, -0.05) is 5.16 Å². The number of nitrogens with zero attached hydrogens (tertiary/aromatic N) is 2. The minimum absolute atomic E-state index is 0.123. The van der Waals surface area contributed by atoms with Gasteiger partial charge in [0.05, 0.1) is 11.2 Å². The van der Waals surface area contributed by atoms with E-state index in [2.05, 4.69) is 15.0 Å². The first-order valence-electron chi connectivity index (χ1n) is 3.26. The Morgan fingerprint density at radius 3 is 3.15 bits per heavy atom. The van der Waals surface area contributed by atoms with E-state index >= 15 is 0 Å². The number of aliphatic carboxylic acids is 1. The first-order chi connectivity index (χ1) is 6.20. The van der Waals surface area contributed by atoms with Gasteiger partial charge in [-0.2, -0.15) is 0 Å². The van der Waals surface area contributed by atoms with Crippen LogP contribution in [0, 0.1) is 0 Å². The number of carboxylic acid groups (broad SMARTS) is 1. The van der Waals surface area contributed by atoms with Gasteiger partial charge in [0, 0.05) is 5.38 Å². The van der Waals surface area contributed by atoms with Crippen LogP contribution in [0.25, 0.3) is 0 Å². The summed E-state index contributed by atoms with van der Waals surface area (Å²) in [6, 6.07) is 0. The lowest BCUT2D eigenvalue weighted by molar-refractivity contribution is -0.129. The number of nitrogens with two attached hydrogens (primary N) is 1. The second-order valence-corrected chi connectivity index (χ2v) is 2.75. The van der Waals surface area contributed by atoms with E-state index < -0.39 is 11.8 Å². The van der Waals surface area contributed by atoms with Crippen LogP contribution in [0.3, 0.4) is 0 Å². The fourth-order valence-electron chi connectivity index (χ4n) is 0.516. The maximum Gasteiger partial charge on any atom is 0.374 e. The standard InChI is InChI=1S/C6H7N3O3S/c7-5(6(10)11)9-12-1-4-2-13-3-8-4/h2-3H,1H2,(H2,7,9)(H,10,11). The van der Waals surface area contributed by atoms with Gasteiger partial charge in [-0.25, -0.2) is 9.78 Å². The maximum atomic E-state index is 10.1. The molecular weight excluding hydrogens is 194 g/mol. The highest BCUT2D eigenvalue weighted by Crippen LogP contribution is 2.02. The summed E-state index contributed by atoms with van der Waals surface area (Å²) < 4.78 is 0. The number of rotatable bonds is 3. The molecule has 1 aromatic heterocycles. The van der Waals surface area contributed by atoms with E-state index in [4.69, 9.17) is 10.8 Å². The van der Waals surface area contributed by atoms with Gasteiger partial charge >= 0.3 is 5.97 Å². The Kier molecular flexibility index (Phi) is 3.21. The number of hydrogen-bond acceptors (Lipinski definition) is 5. The third-order valence-electron chi connectivity index (χ3n) is 1.08. The number of amidine groups is 1. The molecule has 0 aromatic carbocycles. The molecule has 0 aliphatic rings. The summed E-state index contributed by atoms with van der Waals surface area (Å²) in [4.78, 5) is 18.7. The molecule has 0 saturated carbocycles. The Bertz CT molecular complexity index is 309. The van der Waals surface area contributed by atoms with Gasteiger partial charge < -0.3 is 15.7 Å². The Morgan fingerprint density at radius 1 is 1.85 bits per heavy atom. The van der Waals surface area contributed by atoms with Crippen molar-refractivity contribution in [1.82, 2.24) is 4.98 Å². The van der Waals surface area contributed by atoms with Crippen LogP contribution in [0.2, 0.25) is 0 Å². The molecule has 6 nitrogen and oxygen atoms in total. The van der Waals surface area contributed by atoms with Crippen LogP contribution in [0.5, 0.6) is 0 Å². The lowest BCUT2D eigenvalue weighted by atomic mass is 10.5. The third-order valence-corrected chi connectivity index (χ3v) is 1.71. The number of oxime groups is 1. The van der Waals surface area contributed by atoms with Crippen molar-refractivity contribution in [2.24, 2.45) is 10.9 Å². The van der Waals surface area contributed by atoms with Gasteiger partial charge in [-0.05, 0) is 0 Å². The van der Waals surface area contributed by atoms with Crippen LogP contribution in [0.4, 0.5) is 0 Å². The first-order valence-corrected chi connectivity index (χ1v) is 4.20. The molecule has 0 spiro atoms. The van der Waals surface area contributed by atoms with Crippen molar-refractivity contribution in [3.63, 3.8) is 0 Å². The summed E-state index contributed by atoms with van der Waals surface area (Å²) in [5.74, 6) is -1.88. The quantitative estimate of drug-likeness (QED) is 0.408. The van der Waals surface area contributed by atoms with Crippen LogP contribution < -0.4 is 5.73 Å². The predicted octanol–water partition coefficient (Wildman–Crippen LogP) is 0.0165. The number of aromatic nitrogens is 1. The summed E-state index contributed by atoms with van der Waals surface area (Å²) in [5.41, 5.74) is 7.29. The van der Waals surface area contributed by atoms with Gasteiger partial charge in [0.1, 0.15) is 0 Å². The molecule has 13 heavy (non-hydrogen) atoms. The predicted molar refractivity (Wildman–Crippen MR) is 46.2 cm³/mol. The van der Waals surface area contributed by atoms with Gasteiger partial charge in [0.2, 0.25) is 5.84 Å². The van der Waals surface area contributed by atoms with Crippen LogP contribution in [-0.2, 0) is 16.2 Å². The van der Waals surface area contributed by atoms with Gasteiger partial charge in [-0.3, -0.25) is 0 Å². The van der Waals surface area contributed by atoms with Crippen molar-refractivity contribution in [3.05, 3.63) is 16.6 Å². The Morgan fingerprint density at radius 2 is 2.62 bits per heavy atom. The number of carboxylic acids is 1. The molecule has 0 aliphatic heterocycles. The van der Waals surface area contributed by atoms with E-state index in [1.54, 1.807) is 10.9 Å². The van der Waals surface area contributed by atoms with Crippen molar-refractivity contribution in [3.8, 4) is 0 Å². The molecule has 0 unspecified atom stereocenters. The van der Waals surface area contributed by atoms with Gasteiger partial charge in [0.15, 0.2) is 6.61 Å². The van der Waals surface area contributed by atoms with Crippen molar-refractivity contribution in [1.29, 1.82) is 0 Å². The summed E-state index contributed by atoms with van der Waals surface area (Å²) in [5, 5.41) is 13.2. The molecule has 0 fully saturated rings. The molecule has 1 rings (SSSR count). The van der Waals surface area contributed by atoms with Gasteiger partial charge in [-0.15, -0.1) is 11.3 Å². The van der Waals surface area contributed by atoms with E-state index in [9.17, 15) is 4.79 Å². The zero-order valence-electron chi connectivity index (χ0n) is 6.51. The van der Waals surface area contributed by atoms with E-state index in [0.717, 1.165) is 0 Å². The molecule has 0 saturated heterocycles.